The molecule has 2 aliphatic rings. The Morgan fingerprint density at radius 3 is 2.33 bits per heavy atom. The van der Waals surface area contributed by atoms with Gasteiger partial charge in [0.05, 0.1) is 22.4 Å². The third-order valence-corrected chi connectivity index (χ3v) is 7.50. The molecule has 1 N–H and O–H groups in total. The standard InChI is InChI=1S/C20H18ClN3O5S/c21-17-4-2-1-3-13(17)11-18(25)23-7-9-24(10-8-23)30(28,29)14-5-6-15-16(12-14)20(27)22-19(15)26/h1-6,12H,7-11H2,(H,22,26,27). The van der Waals surface area contributed by atoms with Gasteiger partial charge in [0.25, 0.3) is 11.8 Å². The van der Waals surface area contributed by atoms with Crippen LogP contribution in [0.1, 0.15) is 26.3 Å². The highest BCUT2D eigenvalue weighted by Crippen LogP contribution is 2.24. The van der Waals surface area contributed by atoms with Crippen molar-refractivity contribution in [1.29, 1.82) is 0 Å². The van der Waals surface area contributed by atoms with Gasteiger partial charge in [-0.05, 0) is 29.8 Å². The number of carbonyl (C=O) groups is 3. The van der Waals surface area contributed by atoms with E-state index in [2.05, 4.69) is 5.32 Å². The van der Waals surface area contributed by atoms with Crippen molar-refractivity contribution < 1.29 is 22.8 Å². The zero-order chi connectivity index (χ0) is 21.5. The summed E-state index contributed by atoms with van der Waals surface area (Å²) in [6, 6.07) is 11.0. The fourth-order valence-electron chi connectivity index (χ4n) is 3.55. The fraction of sp³-hybridized carbons (Fsp3) is 0.250. The normalized spacial score (nSPS) is 17.0. The lowest BCUT2D eigenvalue weighted by Gasteiger charge is -2.34. The highest BCUT2D eigenvalue weighted by atomic mass is 35.5. The van der Waals surface area contributed by atoms with Crippen molar-refractivity contribution in [3.63, 3.8) is 0 Å². The summed E-state index contributed by atoms with van der Waals surface area (Å²) in [5, 5.41) is 2.66. The maximum Gasteiger partial charge on any atom is 0.258 e. The molecule has 2 heterocycles. The van der Waals surface area contributed by atoms with Gasteiger partial charge in [0.2, 0.25) is 15.9 Å². The number of nitrogens with one attached hydrogen (secondary N) is 1. The van der Waals surface area contributed by atoms with Crippen molar-refractivity contribution in [2.24, 2.45) is 0 Å². The van der Waals surface area contributed by atoms with Gasteiger partial charge in [-0.1, -0.05) is 29.8 Å². The molecule has 156 valence electrons. The molecule has 0 bridgehead atoms. The molecule has 2 aromatic carbocycles. The number of piperazine rings is 1. The van der Waals surface area contributed by atoms with Crippen molar-refractivity contribution in [3.05, 3.63) is 64.2 Å². The molecule has 10 heteroatoms. The first-order valence-corrected chi connectivity index (χ1v) is 11.1. The molecule has 8 nitrogen and oxygen atoms in total. The second-order valence-corrected chi connectivity index (χ2v) is 9.39. The third kappa shape index (κ3) is 3.71. The maximum absolute atomic E-state index is 13.0. The minimum absolute atomic E-state index is 0.0506. The third-order valence-electron chi connectivity index (χ3n) is 5.24. The first-order chi connectivity index (χ1) is 14.3. The molecule has 1 saturated heterocycles. The van der Waals surface area contributed by atoms with E-state index in [-0.39, 0.29) is 54.5 Å². The zero-order valence-electron chi connectivity index (χ0n) is 15.8. The van der Waals surface area contributed by atoms with Crippen LogP contribution in [0.4, 0.5) is 0 Å². The van der Waals surface area contributed by atoms with Gasteiger partial charge in [0.1, 0.15) is 0 Å². The number of amides is 3. The summed E-state index contributed by atoms with van der Waals surface area (Å²) in [4.78, 5) is 37.6. The number of rotatable bonds is 4. The molecule has 2 aromatic rings. The maximum atomic E-state index is 13.0. The van der Waals surface area contributed by atoms with E-state index in [1.165, 1.54) is 22.5 Å². The topological polar surface area (TPSA) is 104 Å². The average Bonchev–Trinajstić information content (AvgIpc) is 3.03. The Balaban J connectivity index is 1.44. The molecule has 30 heavy (non-hydrogen) atoms. The van der Waals surface area contributed by atoms with Crippen LogP contribution in [-0.4, -0.2) is 61.5 Å². The lowest BCUT2D eigenvalue weighted by atomic mass is 10.1. The predicted octanol–water partition coefficient (Wildman–Crippen LogP) is 1.30. The molecule has 2 aliphatic heterocycles. The molecule has 0 spiro atoms. The molecule has 0 aliphatic carbocycles. The van der Waals surface area contributed by atoms with Crippen LogP contribution < -0.4 is 5.32 Å². The number of hydrogen-bond acceptors (Lipinski definition) is 5. The van der Waals surface area contributed by atoms with Crippen molar-refractivity contribution in [2.75, 3.05) is 26.2 Å². The van der Waals surface area contributed by atoms with Crippen LogP contribution in [0.3, 0.4) is 0 Å². The van der Waals surface area contributed by atoms with E-state index in [1.54, 1.807) is 23.1 Å². The van der Waals surface area contributed by atoms with Gasteiger partial charge in [0.15, 0.2) is 0 Å². The van der Waals surface area contributed by atoms with E-state index in [9.17, 15) is 22.8 Å². The van der Waals surface area contributed by atoms with E-state index < -0.39 is 21.8 Å². The van der Waals surface area contributed by atoms with E-state index >= 15 is 0 Å². The predicted molar refractivity (Wildman–Crippen MR) is 109 cm³/mol. The molecular weight excluding hydrogens is 430 g/mol. The monoisotopic (exact) mass is 447 g/mol. The van der Waals surface area contributed by atoms with Crippen molar-refractivity contribution in [3.8, 4) is 0 Å². The van der Waals surface area contributed by atoms with Crippen LogP contribution in [0.2, 0.25) is 5.02 Å². The lowest BCUT2D eigenvalue weighted by Crippen LogP contribution is -2.50. The second kappa shape index (κ2) is 7.82. The Hall–Kier alpha value is -2.75. The molecule has 0 radical (unpaired) electrons. The highest BCUT2D eigenvalue weighted by molar-refractivity contribution is 7.89. The molecule has 1 fully saturated rings. The van der Waals surface area contributed by atoms with E-state index in [4.69, 9.17) is 11.6 Å². The SMILES string of the molecule is O=C1NC(=O)c2cc(S(=O)(=O)N3CCN(C(=O)Cc4ccccc4Cl)CC3)ccc21. The Kier molecular flexibility index (Phi) is 5.35. The minimum atomic E-state index is -3.86. The molecular formula is C20H18ClN3O5S. The fourth-order valence-corrected chi connectivity index (χ4v) is 5.20. The summed E-state index contributed by atoms with van der Waals surface area (Å²) in [6.07, 6.45) is 0.153. The summed E-state index contributed by atoms with van der Waals surface area (Å²) < 4.78 is 27.2. The average molecular weight is 448 g/mol. The van der Waals surface area contributed by atoms with Crippen LogP contribution in [0, 0.1) is 0 Å². The van der Waals surface area contributed by atoms with Crippen molar-refractivity contribution in [1.82, 2.24) is 14.5 Å². The lowest BCUT2D eigenvalue weighted by molar-refractivity contribution is -0.131. The first-order valence-electron chi connectivity index (χ1n) is 9.28. The van der Waals surface area contributed by atoms with Gasteiger partial charge in [-0.3, -0.25) is 19.7 Å². The number of imide groups is 1. The van der Waals surface area contributed by atoms with Crippen LogP contribution >= 0.6 is 11.6 Å². The number of nitrogens with zero attached hydrogens (tertiary/aromatic N) is 2. The highest BCUT2D eigenvalue weighted by Gasteiger charge is 2.33. The molecule has 0 atom stereocenters. The van der Waals surface area contributed by atoms with Gasteiger partial charge in [-0.2, -0.15) is 4.31 Å². The summed E-state index contributed by atoms with van der Waals surface area (Å²) in [5.74, 6) is -1.26. The summed E-state index contributed by atoms with van der Waals surface area (Å²) in [7, 11) is -3.86. The molecule has 4 rings (SSSR count). The Morgan fingerprint density at radius 1 is 0.967 bits per heavy atom. The van der Waals surface area contributed by atoms with Crippen molar-refractivity contribution >= 4 is 39.3 Å². The molecule has 0 saturated carbocycles. The largest absolute Gasteiger partial charge is 0.340 e. The quantitative estimate of drug-likeness (QED) is 0.711. The number of benzene rings is 2. The van der Waals surface area contributed by atoms with Gasteiger partial charge in [-0.25, -0.2) is 8.42 Å². The van der Waals surface area contributed by atoms with Gasteiger partial charge in [0, 0.05) is 31.2 Å². The number of halogens is 1. The smallest absolute Gasteiger partial charge is 0.258 e. The van der Waals surface area contributed by atoms with Crippen LogP contribution in [0.15, 0.2) is 47.4 Å². The first kappa shape index (κ1) is 20.5. The van der Waals surface area contributed by atoms with Gasteiger partial charge in [-0.15, -0.1) is 0 Å². The van der Waals surface area contributed by atoms with Crippen LogP contribution in [0.25, 0.3) is 0 Å². The van der Waals surface area contributed by atoms with E-state index in [0.717, 1.165) is 5.56 Å². The zero-order valence-corrected chi connectivity index (χ0v) is 17.4. The van der Waals surface area contributed by atoms with Gasteiger partial charge < -0.3 is 4.90 Å². The number of fused-ring (bicyclic) bond motifs is 1. The molecule has 0 aromatic heterocycles. The van der Waals surface area contributed by atoms with E-state index in [1.807, 2.05) is 6.07 Å². The number of hydrogen-bond donors (Lipinski definition) is 1. The summed E-state index contributed by atoms with van der Waals surface area (Å²) >= 11 is 6.11. The Bertz CT molecular complexity index is 1160. The summed E-state index contributed by atoms with van der Waals surface area (Å²) in [5.41, 5.74) is 0.939. The van der Waals surface area contributed by atoms with Crippen molar-refractivity contribution in [2.45, 2.75) is 11.3 Å². The minimum Gasteiger partial charge on any atom is -0.340 e. The summed E-state index contributed by atoms with van der Waals surface area (Å²) in [6.45, 7) is 0.788. The second-order valence-electron chi connectivity index (χ2n) is 7.04. The molecule has 0 unspecified atom stereocenters. The Morgan fingerprint density at radius 2 is 1.63 bits per heavy atom. The van der Waals surface area contributed by atoms with Gasteiger partial charge >= 0.3 is 0 Å². The Labute approximate surface area is 178 Å². The van der Waals surface area contributed by atoms with E-state index in [0.29, 0.717) is 5.02 Å². The number of sulfonamides is 1. The molecule has 3 amide bonds. The van der Waals surface area contributed by atoms with Crippen LogP contribution in [-0.2, 0) is 21.2 Å². The van der Waals surface area contributed by atoms with Crippen LogP contribution in [0.5, 0.6) is 0 Å². The number of carbonyl (C=O) groups excluding carboxylic acids is 3.